The summed E-state index contributed by atoms with van der Waals surface area (Å²) in [5.74, 6) is 1.59. The summed E-state index contributed by atoms with van der Waals surface area (Å²) in [5.41, 5.74) is 0. The molecule has 0 aliphatic carbocycles. The quantitative estimate of drug-likeness (QED) is 0.683. The number of halogens is 1. The molecular weight excluding hydrogens is 240 g/mol. The van der Waals surface area contributed by atoms with Gasteiger partial charge in [0.05, 0.1) is 13.2 Å². The first-order valence-electron chi connectivity index (χ1n) is 5.96. The first kappa shape index (κ1) is 14.4. The van der Waals surface area contributed by atoms with Crippen molar-refractivity contribution in [2.24, 2.45) is 0 Å². The molecule has 5 nitrogen and oxygen atoms in total. The standard InChI is InChI=1S/C11H21ClN4O/c1-3-6-16-11(14-9-15-16)7-13-10(4-5-12)8-17-2/h9-10,13H,3-8H2,1-2H3. The van der Waals surface area contributed by atoms with Crippen LogP contribution in [-0.2, 0) is 17.8 Å². The van der Waals surface area contributed by atoms with Crippen LogP contribution >= 0.6 is 11.6 Å². The van der Waals surface area contributed by atoms with Crippen molar-refractivity contribution in [3.8, 4) is 0 Å². The van der Waals surface area contributed by atoms with Crippen LogP contribution in [0, 0.1) is 0 Å². The topological polar surface area (TPSA) is 52.0 Å². The Kier molecular flexibility index (Phi) is 7.16. The van der Waals surface area contributed by atoms with Crippen molar-refractivity contribution in [3.63, 3.8) is 0 Å². The Labute approximate surface area is 108 Å². The second kappa shape index (κ2) is 8.44. The number of aromatic nitrogens is 3. The van der Waals surface area contributed by atoms with Crippen molar-refractivity contribution in [2.75, 3.05) is 19.6 Å². The Morgan fingerprint density at radius 2 is 2.41 bits per heavy atom. The molecular formula is C11H21ClN4O. The molecule has 0 fully saturated rings. The van der Waals surface area contributed by atoms with Gasteiger partial charge in [-0.25, -0.2) is 9.67 Å². The molecule has 1 aromatic rings. The van der Waals surface area contributed by atoms with Gasteiger partial charge in [0.15, 0.2) is 0 Å². The second-order valence-corrected chi connectivity index (χ2v) is 4.29. The number of alkyl halides is 1. The number of hydrogen-bond donors (Lipinski definition) is 1. The lowest BCUT2D eigenvalue weighted by Crippen LogP contribution is -2.34. The normalized spacial score (nSPS) is 12.9. The van der Waals surface area contributed by atoms with E-state index in [9.17, 15) is 0 Å². The minimum absolute atomic E-state index is 0.268. The average Bonchev–Trinajstić information content (AvgIpc) is 2.75. The van der Waals surface area contributed by atoms with E-state index in [4.69, 9.17) is 16.3 Å². The molecule has 6 heteroatoms. The van der Waals surface area contributed by atoms with Crippen LogP contribution in [-0.4, -0.2) is 40.4 Å². The molecule has 0 saturated carbocycles. The molecule has 1 aromatic heterocycles. The van der Waals surface area contributed by atoms with E-state index in [-0.39, 0.29) is 6.04 Å². The first-order chi connectivity index (χ1) is 8.31. The average molecular weight is 261 g/mol. The van der Waals surface area contributed by atoms with Crippen LogP contribution in [0.1, 0.15) is 25.6 Å². The van der Waals surface area contributed by atoms with Gasteiger partial charge in [-0.3, -0.25) is 0 Å². The summed E-state index contributed by atoms with van der Waals surface area (Å²) in [7, 11) is 1.70. The van der Waals surface area contributed by atoms with E-state index in [2.05, 4.69) is 22.3 Å². The first-order valence-corrected chi connectivity index (χ1v) is 6.50. The van der Waals surface area contributed by atoms with E-state index < -0.39 is 0 Å². The van der Waals surface area contributed by atoms with E-state index in [1.165, 1.54) is 0 Å². The Balaban J connectivity index is 2.43. The third-order valence-electron chi connectivity index (χ3n) is 2.51. The minimum atomic E-state index is 0.268. The highest BCUT2D eigenvalue weighted by molar-refractivity contribution is 6.17. The highest BCUT2D eigenvalue weighted by atomic mass is 35.5. The maximum Gasteiger partial charge on any atom is 0.140 e. The molecule has 1 N–H and O–H groups in total. The Hall–Kier alpha value is -0.650. The summed E-state index contributed by atoms with van der Waals surface area (Å²) in [5, 5.41) is 7.57. The SMILES string of the molecule is CCCn1ncnc1CNC(CCCl)COC. The number of nitrogens with one attached hydrogen (secondary N) is 1. The van der Waals surface area contributed by atoms with E-state index in [0.717, 1.165) is 25.2 Å². The van der Waals surface area contributed by atoms with E-state index in [1.807, 2.05) is 4.68 Å². The van der Waals surface area contributed by atoms with E-state index >= 15 is 0 Å². The summed E-state index contributed by atoms with van der Waals surface area (Å²) >= 11 is 5.74. The summed E-state index contributed by atoms with van der Waals surface area (Å²) in [6.45, 7) is 4.39. The summed E-state index contributed by atoms with van der Waals surface area (Å²) in [6.07, 6.45) is 3.54. The van der Waals surface area contributed by atoms with Crippen LogP contribution in [0.2, 0.25) is 0 Å². The molecule has 1 unspecified atom stereocenters. The monoisotopic (exact) mass is 260 g/mol. The molecule has 1 atom stereocenters. The maximum absolute atomic E-state index is 5.74. The molecule has 0 aliphatic rings. The summed E-state index contributed by atoms with van der Waals surface area (Å²) < 4.78 is 7.07. The van der Waals surface area contributed by atoms with Gasteiger partial charge in [-0.15, -0.1) is 11.6 Å². The number of ether oxygens (including phenoxy) is 1. The van der Waals surface area contributed by atoms with Gasteiger partial charge in [-0.05, 0) is 12.8 Å². The zero-order valence-corrected chi connectivity index (χ0v) is 11.3. The molecule has 17 heavy (non-hydrogen) atoms. The molecule has 0 radical (unpaired) electrons. The number of methoxy groups -OCH3 is 1. The van der Waals surface area contributed by atoms with Gasteiger partial charge < -0.3 is 10.1 Å². The second-order valence-electron chi connectivity index (χ2n) is 3.91. The smallest absolute Gasteiger partial charge is 0.140 e. The lowest BCUT2D eigenvalue weighted by Gasteiger charge is -2.16. The third-order valence-corrected chi connectivity index (χ3v) is 2.72. The van der Waals surface area contributed by atoms with Gasteiger partial charge in [-0.1, -0.05) is 6.92 Å². The molecule has 0 aromatic carbocycles. The Morgan fingerprint density at radius 3 is 3.06 bits per heavy atom. The summed E-state index contributed by atoms with van der Waals surface area (Å²) in [4.78, 5) is 4.24. The van der Waals surface area contributed by atoms with Crippen molar-refractivity contribution in [2.45, 2.75) is 38.9 Å². The van der Waals surface area contributed by atoms with Crippen LogP contribution < -0.4 is 5.32 Å². The fraction of sp³-hybridized carbons (Fsp3) is 0.818. The maximum atomic E-state index is 5.74. The van der Waals surface area contributed by atoms with Gasteiger partial charge in [0.2, 0.25) is 0 Å². The molecule has 1 heterocycles. The van der Waals surface area contributed by atoms with Gasteiger partial charge in [0.25, 0.3) is 0 Å². The largest absolute Gasteiger partial charge is 0.383 e. The molecule has 0 aliphatic heterocycles. The predicted molar refractivity (Wildman–Crippen MR) is 68.2 cm³/mol. The van der Waals surface area contributed by atoms with Crippen LogP contribution in [0.5, 0.6) is 0 Å². The van der Waals surface area contributed by atoms with Crippen molar-refractivity contribution >= 4 is 11.6 Å². The van der Waals surface area contributed by atoms with Gasteiger partial charge in [-0.2, -0.15) is 5.10 Å². The Bertz CT molecular complexity index is 299. The highest BCUT2D eigenvalue weighted by Gasteiger charge is 2.09. The van der Waals surface area contributed by atoms with Crippen LogP contribution in [0.25, 0.3) is 0 Å². The van der Waals surface area contributed by atoms with E-state index in [0.29, 0.717) is 19.0 Å². The van der Waals surface area contributed by atoms with Crippen molar-refractivity contribution in [1.82, 2.24) is 20.1 Å². The van der Waals surface area contributed by atoms with Gasteiger partial charge in [0.1, 0.15) is 12.2 Å². The van der Waals surface area contributed by atoms with Crippen LogP contribution in [0.15, 0.2) is 6.33 Å². The number of hydrogen-bond acceptors (Lipinski definition) is 4. The highest BCUT2D eigenvalue weighted by Crippen LogP contribution is 2.00. The molecule has 0 saturated heterocycles. The molecule has 98 valence electrons. The van der Waals surface area contributed by atoms with Crippen molar-refractivity contribution in [1.29, 1.82) is 0 Å². The zero-order valence-electron chi connectivity index (χ0n) is 10.5. The minimum Gasteiger partial charge on any atom is -0.383 e. The third kappa shape index (κ3) is 5.02. The molecule has 0 spiro atoms. The number of nitrogens with zero attached hydrogens (tertiary/aromatic N) is 3. The molecule has 0 amide bonds. The predicted octanol–water partition coefficient (Wildman–Crippen LogP) is 1.42. The molecule has 0 bridgehead atoms. The molecule has 1 rings (SSSR count). The lowest BCUT2D eigenvalue weighted by molar-refractivity contribution is 0.163. The Morgan fingerprint density at radius 1 is 1.59 bits per heavy atom. The lowest BCUT2D eigenvalue weighted by atomic mass is 10.2. The van der Waals surface area contributed by atoms with Crippen molar-refractivity contribution < 1.29 is 4.74 Å². The van der Waals surface area contributed by atoms with Gasteiger partial charge >= 0.3 is 0 Å². The number of aryl methyl sites for hydroxylation is 1. The summed E-state index contributed by atoms with van der Waals surface area (Å²) in [6, 6.07) is 0.268. The zero-order chi connectivity index (χ0) is 12.5. The van der Waals surface area contributed by atoms with Crippen LogP contribution in [0.3, 0.4) is 0 Å². The van der Waals surface area contributed by atoms with Crippen molar-refractivity contribution in [3.05, 3.63) is 12.2 Å². The van der Waals surface area contributed by atoms with Crippen LogP contribution in [0.4, 0.5) is 0 Å². The fourth-order valence-electron chi connectivity index (χ4n) is 1.64. The fourth-order valence-corrected chi connectivity index (χ4v) is 1.90. The van der Waals surface area contributed by atoms with Gasteiger partial charge in [0, 0.05) is 25.6 Å². The number of rotatable bonds is 9. The van der Waals surface area contributed by atoms with E-state index in [1.54, 1.807) is 13.4 Å².